The van der Waals surface area contributed by atoms with Crippen LogP contribution in [0.1, 0.15) is 25.6 Å². The van der Waals surface area contributed by atoms with Crippen LogP contribution in [0.3, 0.4) is 0 Å². The number of nitriles is 1. The topological polar surface area (TPSA) is 76.4 Å². The van der Waals surface area contributed by atoms with E-state index in [1.54, 1.807) is 18.2 Å². The number of carbonyl (C=O) groups is 2. The average Bonchev–Trinajstić information content (AvgIpc) is 3.33. The highest BCUT2D eigenvalue weighted by Gasteiger charge is 2.24. The molecule has 0 unspecified atom stereocenters. The Labute approximate surface area is 193 Å². The fourth-order valence-corrected chi connectivity index (χ4v) is 4.51. The van der Waals surface area contributed by atoms with E-state index in [0.717, 1.165) is 16.6 Å². The zero-order chi connectivity index (χ0) is 22.7. The predicted molar refractivity (Wildman–Crippen MR) is 123 cm³/mol. The van der Waals surface area contributed by atoms with Crippen LogP contribution >= 0.6 is 22.9 Å². The first-order valence-electron chi connectivity index (χ1n) is 9.84. The monoisotopic (exact) mass is 468 g/mol. The van der Waals surface area contributed by atoms with Gasteiger partial charge in [0, 0.05) is 31.9 Å². The van der Waals surface area contributed by atoms with Crippen molar-refractivity contribution in [1.82, 2.24) is 4.90 Å². The molecule has 0 saturated carbocycles. The highest BCUT2D eigenvalue weighted by Crippen LogP contribution is 2.30. The number of hydrogen-bond donors (Lipinski definition) is 1. The highest BCUT2D eigenvalue weighted by atomic mass is 35.5. The molecule has 9 heteroatoms. The Bertz CT molecular complexity index is 1200. The lowest BCUT2D eigenvalue weighted by Crippen LogP contribution is -2.48. The van der Waals surface area contributed by atoms with Crippen LogP contribution in [0.4, 0.5) is 15.8 Å². The van der Waals surface area contributed by atoms with Crippen molar-refractivity contribution in [2.45, 2.75) is 0 Å². The van der Waals surface area contributed by atoms with Crippen LogP contribution < -0.4 is 10.2 Å². The minimum absolute atomic E-state index is 0.0406. The second kappa shape index (κ2) is 9.39. The molecule has 2 aromatic carbocycles. The number of piperazine rings is 1. The number of amides is 2. The van der Waals surface area contributed by atoms with E-state index in [1.807, 2.05) is 28.5 Å². The van der Waals surface area contributed by atoms with Crippen LogP contribution in [0.5, 0.6) is 0 Å². The fourth-order valence-electron chi connectivity index (χ4n) is 3.51. The maximum absolute atomic E-state index is 14.1. The number of nitrogens with one attached hydrogen (secondary N) is 1. The van der Waals surface area contributed by atoms with Gasteiger partial charge in [0.15, 0.2) is 0 Å². The molecule has 4 rings (SSSR count). The Morgan fingerprint density at radius 3 is 2.50 bits per heavy atom. The highest BCUT2D eigenvalue weighted by molar-refractivity contribution is 7.12. The molecule has 0 radical (unpaired) electrons. The lowest BCUT2D eigenvalue weighted by molar-refractivity contribution is 0.0751. The SMILES string of the molecule is N#Cc1ccc(C(=O)Nc2ccc(N3CCN(C(=O)c4cccs4)CC3)c(Cl)c2)c(F)c1. The summed E-state index contributed by atoms with van der Waals surface area (Å²) in [5.74, 6) is -1.35. The van der Waals surface area contributed by atoms with Gasteiger partial charge >= 0.3 is 0 Å². The molecular formula is C23H18ClFN4O2S. The summed E-state index contributed by atoms with van der Waals surface area (Å²) in [5.41, 5.74) is 1.22. The summed E-state index contributed by atoms with van der Waals surface area (Å²) >= 11 is 7.89. The summed E-state index contributed by atoms with van der Waals surface area (Å²) in [4.78, 5) is 29.6. The number of thiophene rings is 1. The van der Waals surface area contributed by atoms with Gasteiger partial charge in [0.1, 0.15) is 5.82 Å². The molecule has 0 spiro atoms. The van der Waals surface area contributed by atoms with Crippen LogP contribution in [0, 0.1) is 17.1 Å². The standard InChI is InChI=1S/C23H18ClFN4O2S/c24-18-13-16(27-22(30)17-5-3-15(14-26)12-19(17)25)4-6-20(18)28-7-9-29(10-8-28)23(31)21-2-1-11-32-21/h1-6,11-13H,7-10H2,(H,27,30). The Kier molecular flexibility index (Phi) is 6.40. The number of rotatable bonds is 4. The van der Waals surface area contributed by atoms with Gasteiger partial charge < -0.3 is 15.1 Å². The first-order valence-corrected chi connectivity index (χ1v) is 11.1. The van der Waals surface area contributed by atoms with Gasteiger partial charge in [-0.05, 0) is 47.8 Å². The van der Waals surface area contributed by atoms with E-state index >= 15 is 0 Å². The first-order chi connectivity index (χ1) is 15.5. The molecule has 1 aliphatic rings. The Morgan fingerprint density at radius 1 is 1.09 bits per heavy atom. The molecule has 3 aromatic rings. The fraction of sp³-hybridized carbons (Fsp3) is 0.174. The Hall–Kier alpha value is -3.41. The molecule has 162 valence electrons. The number of benzene rings is 2. The molecule has 1 aliphatic heterocycles. The van der Waals surface area contributed by atoms with Gasteiger partial charge in [-0.3, -0.25) is 9.59 Å². The third-order valence-electron chi connectivity index (χ3n) is 5.19. The van der Waals surface area contributed by atoms with Gasteiger partial charge in [-0.1, -0.05) is 17.7 Å². The number of hydrogen-bond acceptors (Lipinski definition) is 5. The second-order valence-corrected chi connectivity index (χ2v) is 8.54. The molecule has 2 amide bonds. The molecule has 6 nitrogen and oxygen atoms in total. The van der Waals surface area contributed by atoms with Gasteiger partial charge in [0.2, 0.25) is 0 Å². The maximum Gasteiger partial charge on any atom is 0.264 e. The minimum atomic E-state index is -0.765. The molecule has 1 aromatic heterocycles. The molecule has 1 saturated heterocycles. The number of halogens is 2. The van der Waals surface area contributed by atoms with Crippen molar-refractivity contribution in [1.29, 1.82) is 5.26 Å². The number of carbonyl (C=O) groups excluding carboxylic acids is 2. The molecular weight excluding hydrogens is 451 g/mol. The van der Waals surface area contributed by atoms with E-state index in [2.05, 4.69) is 10.2 Å². The van der Waals surface area contributed by atoms with E-state index in [1.165, 1.54) is 23.5 Å². The lowest BCUT2D eigenvalue weighted by atomic mass is 10.1. The average molecular weight is 469 g/mol. The summed E-state index contributed by atoms with van der Waals surface area (Å²) in [6, 6.07) is 14.3. The second-order valence-electron chi connectivity index (χ2n) is 7.18. The van der Waals surface area contributed by atoms with Gasteiger partial charge in [0.25, 0.3) is 11.8 Å². The van der Waals surface area contributed by atoms with Crippen molar-refractivity contribution >= 4 is 46.1 Å². The molecule has 32 heavy (non-hydrogen) atoms. The molecule has 0 bridgehead atoms. The van der Waals surface area contributed by atoms with Crippen LogP contribution in [-0.4, -0.2) is 42.9 Å². The van der Waals surface area contributed by atoms with Crippen molar-refractivity contribution < 1.29 is 14.0 Å². The van der Waals surface area contributed by atoms with Gasteiger partial charge in [0.05, 0.1) is 32.8 Å². The van der Waals surface area contributed by atoms with Crippen LogP contribution in [-0.2, 0) is 0 Å². The largest absolute Gasteiger partial charge is 0.367 e. The van der Waals surface area contributed by atoms with Gasteiger partial charge in [-0.15, -0.1) is 11.3 Å². The molecule has 2 heterocycles. The molecule has 1 N–H and O–H groups in total. The lowest BCUT2D eigenvalue weighted by Gasteiger charge is -2.36. The van der Waals surface area contributed by atoms with E-state index in [-0.39, 0.29) is 17.0 Å². The third kappa shape index (κ3) is 4.59. The summed E-state index contributed by atoms with van der Waals surface area (Å²) in [5, 5.41) is 13.8. The third-order valence-corrected chi connectivity index (χ3v) is 6.35. The first kappa shape index (κ1) is 21.8. The quantitative estimate of drug-likeness (QED) is 0.605. The maximum atomic E-state index is 14.1. The summed E-state index contributed by atoms with van der Waals surface area (Å²) < 4.78 is 14.1. The van der Waals surface area contributed by atoms with E-state index < -0.39 is 11.7 Å². The zero-order valence-corrected chi connectivity index (χ0v) is 18.4. The van der Waals surface area contributed by atoms with Crippen molar-refractivity contribution in [3.63, 3.8) is 0 Å². The molecule has 1 fully saturated rings. The minimum Gasteiger partial charge on any atom is -0.367 e. The molecule has 0 aliphatic carbocycles. The van der Waals surface area contributed by atoms with Gasteiger partial charge in [-0.2, -0.15) is 5.26 Å². The summed E-state index contributed by atoms with van der Waals surface area (Å²) in [6.07, 6.45) is 0. The summed E-state index contributed by atoms with van der Waals surface area (Å²) in [6.45, 7) is 2.45. The van der Waals surface area contributed by atoms with Crippen LogP contribution in [0.25, 0.3) is 0 Å². The van der Waals surface area contributed by atoms with Crippen molar-refractivity contribution in [2.75, 3.05) is 36.4 Å². The predicted octanol–water partition coefficient (Wildman–Crippen LogP) is 4.63. The normalized spacial score (nSPS) is 13.5. The van der Waals surface area contributed by atoms with Crippen LogP contribution in [0.2, 0.25) is 5.02 Å². The van der Waals surface area contributed by atoms with E-state index in [9.17, 15) is 14.0 Å². The summed E-state index contributed by atoms with van der Waals surface area (Å²) in [7, 11) is 0. The van der Waals surface area contributed by atoms with Gasteiger partial charge in [-0.25, -0.2) is 4.39 Å². The Balaban J connectivity index is 1.40. The smallest absolute Gasteiger partial charge is 0.264 e. The van der Waals surface area contributed by atoms with E-state index in [0.29, 0.717) is 36.9 Å². The molecule has 0 atom stereocenters. The van der Waals surface area contributed by atoms with Crippen molar-refractivity contribution in [3.8, 4) is 6.07 Å². The van der Waals surface area contributed by atoms with Crippen molar-refractivity contribution in [2.24, 2.45) is 0 Å². The van der Waals surface area contributed by atoms with Crippen LogP contribution in [0.15, 0.2) is 53.9 Å². The zero-order valence-electron chi connectivity index (χ0n) is 16.8. The van der Waals surface area contributed by atoms with E-state index in [4.69, 9.17) is 16.9 Å². The Morgan fingerprint density at radius 2 is 1.88 bits per heavy atom. The number of nitrogens with zero attached hydrogens (tertiary/aromatic N) is 3. The number of anilines is 2. The van der Waals surface area contributed by atoms with Crippen molar-refractivity contribution in [3.05, 3.63) is 80.8 Å².